The van der Waals surface area contributed by atoms with E-state index in [9.17, 15) is 19.1 Å². The van der Waals surface area contributed by atoms with E-state index in [0.717, 1.165) is 17.0 Å². The lowest BCUT2D eigenvalue weighted by atomic mass is 10.2. The van der Waals surface area contributed by atoms with Crippen molar-refractivity contribution in [2.45, 2.75) is 18.6 Å². The molecule has 6 nitrogen and oxygen atoms in total. The van der Waals surface area contributed by atoms with Crippen LogP contribution in [0.1, 0.15) is 6.42 Å². The van der Waals surface area contributed by atoms with Crippen LogP contribution in [-0.4, -0.2) is 52.3 Å². The van der Waals surface area contributed by atoms with Gasteiger partial charge in [0.2, 0.25) is 0 Å². The van der Waals surface area contributed by atoms with Gasteiger partial charge in [0.15, 0.2) is 6.61 Å². The Morgan fingerprint density at radius 1 is 1.48 bits per heavy atom. The van der Waals surface area contributed by atoms with E-state index in [4.69, 9.17) is 21.4 Å². The Balaban J connectivity index is 1.99. The van der Waals surface area contributed by atoms with E-state index in [2.05, 4.69) is 0 Å². The molecular formula is C13H13ClFNO5. The van der Waals surface area contributed by atoms with Gasteiger partial charge in [-0.2, -0.15) is 0 Å². The maximum Gasteiger partial charge on any atom is 0.326 e. The highest BCUT2D eigenvalue weighted by Crippen LogP contribution is 2.25. The van der Waals surface area contributed by atoms with Crippen molar-refractivity contribution in [3.05, 3.63) is 29.0 Å². The zero-order valence-corrected chi connectivity index (χ0v) is 11.6. The van der Waals surface area contributed by atoms with E-state index in [1.165, 1.54) is 6.07 Å². The molecule has 1 aliphatic heterocycles. The molecule has 1 aromatic rings. The van der Waals surface area contributed by atoms with Crippen LogP contribution in [0.2, 0.25) is 5.02 Å². The molecular weight excluding hydrogens is 305 g/mol. The van der Waals surface area contributed by atoms with Crippen molar-refractivity contribution in [3.8, 4) is 5.75 Å². The standard InChI is InChI=1S/C13H13ClFNO5/c14-9-3-7(15)1-2-11(9)21-6-12(18)16-5-8(17)4-10(16)13(19)20/h1-3,8,10,17H,4-6H2,(H,19,20)/t8-,10+/m1/s1. The van der Waals surface area contributed by atoms with Gasteiger partial charge in [0.25, 0.3) is 5.91 Å². The number of carboxylic acid groups (broad SMARTS) is 1. The quantitative estimate of drug-likeness (QED) is 0.861. The highest BCUT2D eigenvalue weighted by Gasteiger charge is 2.38. The fourth-order valence-electron chi connectivity index (χ4n) is 2.14. The number of carboxylic acids is 1. The highest BCUT2D eigenvalue weighted by molar-refractivity contribution is 6.32. The normalized spacial score (nSPS) is 21.4. The average Bonchev–Trinajstić information content (AvgIpc) is 2.80. The minimum atomic E-state index is -1.18. The highest BCUT2D eigenvalue weighted by atomic mass is 35.5. The summed E-state index contributed by atoms with van der Waals surface area (Å²) in [5.41, 5.74) is 0. The van der Waals surface area contributed by atoms with Gasteiger partial charge in [-0.25, -0.2) is 9.18 Å². The molecule has 1 heterocycles. The van der Waals surface area contributed by atoms with Crippen molar-refractivity contribution in [2.24, 2.45) is 0 Å². The van der Waals surface area contributed by atoms with Gasteiger partial charge >= 0.3 is 5.97 Å². The molecule has 21 heavy (non-hydrogen) atoms. The molecule has 0 aliphatic carbocycles. The number of carbonyl (C=O) groups is 2. The summed E-state index contributed by atoms with van der Waals surface area (Å²) in [4.78, 5) is 24.0. The minimum absolute atomic E-state index is 0.0130. The summed E-state index contributed by atoms with van der Waals surface area (Å²) in [7, 11) is 0. The van der Waals surface area contributed by atoms with E-state index in [0.29, 0.717) is 0 Å². The molecule has 0 bridgehead atoms. The number of rotatable bonds is 4. The Morgan fingerprint density at radius 2 is 2.19 bits per heavy atom. The zero-order valence-electron chi connectivity index (χ0n) is 10.8. The summed E-state index contributed by atoms with van der Waals surface area (Å²) in [6.07, 6.45) is -0.886. The predicted molar refractivity (Wildman–Crippen MR) is 70.7 cm³/mol. The maximum absolute atomic E-state index is 12.9. The first-order valence-corrected chi connectivity index (χ1v) is 6.54. The number of likely N-dealkylation sites (tertiary alicyclic amines) is 1. The predicted octanol–water partition coefficient (Wildman–Crippen LogP) is 0.904. The van der Waals surface area contributed by atoms with Gasteiger partial charge in [-0.15, -0.1) is 0 Å². The molecule has 1 aromatic carbocycles. The van der Waals surface area contributed by atoms with Crippen LogP contribution in [0.3, 0.4) is 0 Å². The van der Waals surface area contributed by atoms with Gasteiger partial charge in [0.1, 0.15) is 17.6 Å². The topological polar surface area (TPSA) is 87.1 Å². The Morgan fingerprint density at radius 3 is 2.81 bits per heavy atom. The van der Waals surface area contributed by atoms with E-state index in [1.54, 1.807) is 0 Å². The van der Waals surface area contributed by atoms with Crippen LogP contribution >= 0.6 is 11.6 Å². The van der Waals surface area contributed by atoms with Crippen LogP contribution in [0.15, 0.2) is 18.2 Å². The lowest BCUT2D eigenvalue weighted by Gasteiger charge is -2.21. The molecule has 0 radical (unpaired) electrons. The third-order valence-corrected chi connectivity index (χ3v) is 3.42. The summed E-state index contributed by atoms with van der Waals surface area (Å²) in [5, 5.41) is 18.5. The largest absolute Gasteiger partial charge is 0.482 e. The van der Waals surface area contributed by atoms with Crippen molar-refractivity contribution in [2.75, 3.05) is 13.2 Å². The Labute approximate surface area is 124 Å². The lowest BCUT2D eigenvalue weighted by Crippen LogP contribution is -2.42. The number of amides is 1. The number of aliphatic hydroxyl groups is 1. The third-order valence-electron chi connectivity index (χ3n) is 3.13. The number of carbonyl (C=O) groups excluding carboxylic acids is 1. The first-order chi connectivity index (χ1) is 9.88. The molecule has 1 aliphatic rings. The van der Waals surface area contributed by atoms with Crippen molar-refractivity contribution in [3.63, 3.8) is 0 Å². The van der Waals surface area contributed by atoms with Crippen LogP contribution in [0, 0.1) is 5.82 Å². The van der Waals surface area contributed by atoms with Gasteiger partial charge in [-0.1, -0.05) is 11.6 Å². The SMILES string of the molecule is O=C(O)[C@@H]1C[C@@H](O)CN1C(=O)COc1ccc(F)cc1Cl. The Bertz CT molecular complexity index is 567. The van der Waals surface area contributed by atoms with Gasteiger partial charge in [0, 0.05) is 13.0 Å². The van der Waals surface area contributed by atoms with Crippen molar-refractivity contribution < 1.29 is 28.9 Å². The fourth-order valence-corrected chi connectivity index (χ4v) is 2.36. The zero-order chi connectivity index (χ0) is 15.6. The molecule has 1 saturated heterocycles. The summed E-state index contributed by atoms with van der Waals surface area (Å²) in [6, 6.07) is 2.38. The van der Waals surface area contributed by atoms with E-state index in [-0.39, 0.29) is 23.7 Å². The molecule has 1 fully saturated rings. The molecule has 2 rings (SSSR count). The second kappa shape index (κ2) is 6.28. The first-order valence-electron chi connectivity index (χ1n) is 6.16. The monoisotopic (exact) mass is 317 g/mol. The van der Waals surface area contributed by atoms with Gasteiger partial charge < -0.3 is 19.8 Å². The molecule has 8 heteroatoms. The van der Waals surface area contributed by atoms with Crippen LogP contribution in [0.5, 0.6) is 5.75 Å². The van der Waals surface area contributed by atoms with Crippen molar-refractivity contribution in [1.29, 1.82) is 0 Å². The van der Waals surface area contributed by atoms with E-state index >= 15 is 0 Å². The number of halogens is 2. The molecule has 114 valence electrons. The van der Waals surface area contributed by atoms with Crippen LogP contribution in [0.4, 0.5) is 4.39 Å². The number of benzene rings is 1. The second-order valence-electron chi connectivity index (χ2n) is 4.65. The Kier molecular flexibility index (Phi) is 4.64. The number of nitrogens with zero attached hydrogens (tertiary/aromatic N) is 1. The van der Waals surface area contributed by atoms with Crippen LogP contribution < -0.4 is 4.74 Å². The van der Waals surface area contributed by atoms with Crippen LogP contribution in [0.25, 0.3) is 0 Å². The summed E-state index contributed by atoms with van der Waals surface area (Å²) < 4.78 is 18.0. The van der Waals surface area contributed by atoms with Gasteiger partial charge in [0.05, 0.1) is 11.1 Å². The third kappa shape index (κ3) is 3.62. The molecule has 0 aromatic heterocycles. The summed E-state index contributed by atoms with van der Waals surface area (Å²) in [6.45, 7) is -0.502. The van der Waals surface area contributed by atoms with Crippen LogP contribution in [-0.2, 0) is 9.59 Å². The molecule has 2 N–H and O–H groups in total. The number of β-amino-alcohol motifs (C(OH)–C–C–N with tert-alkyl or cyclic N) is 1. The molecule has 0 unspecified atom stereocenters. The van der Waals surface area contributed by atoms with E-state index in [1.807, 2.05) is 0 Å². The first kappa shape index (κ1) is 15.5. The summed E-state index contributed by atoms with van der Waals surface area (Å²) in [5.74, 6) is -2.18. The number of aliphatic hydroxyl groups excluding tert-OH is 1. The van der Waals surface area contributed by atoms with Crippen molar-refractivity contribution in [1.82, 2.24) is 4.90 Å². The minimum Gasteiger partial charge on any atom is -0.482 e. The molecule has 2 atom stereocenters. The smallest absolute Gasteiger partial charge is 0.326 e. The molecule has 0 saturated carbocycles. The maximum atomic E-state index is 12.9. The number of aliphatic carboxylic acids is 1. The number of hydrogen-bond donors (Lipinski definition) is 2. The lowest BCUT2D eigenvalue weighted by molar-refractivity contribution is -0.148. The van der Waals surface area contributed by atoms with Gasteiger partial charge in [-0.3, -0.25) is 4.79 Å². The average molecular weight is 318 g/mol. The Hall–Kier alpha value is -1.86. The van der Waals surface area contributed by atoms with Gasteiger partial charge in [-0.05, 0) is 18.2 Å². The number of hydrogen-bond acceptors (Lipinski definition) is 4. The molecule has 0 spiro atoms. The van der Waals surface area contributed by atoms with E-state index < -0.39 is 36.4 Å². The summed E-state index contributed by atoms with van der Waals surface area (Å²) >= 11 is 5.75. The number of ether oxygens (including phenoxy) is 1. The van der Waals surface area contributed by atoms with Crippen molar-refractivity contribution >= 4 is 23.5 Å². The molecule has 1 amide bonds. The second-order valence-corrected chi connectivity index (χ2v) is 5.06. The fraction of sp³-hybridized carbons (Fsp3) is 0.385.